The Kier molecular flexibility index (Phi) is 4.82. The molecule has 19 heavy (non-hydrogen) atoms. The highest BCUT2D eigenvalue weighted by Crippen LogP contribution is 2.41. The quantitative estimate of drug-likeness (QED) is 0.460. The van der Waals surface area contributed by atoms with E-state index >= 15 is 0 Å². The van der Waals surface area contributed by atoms with Gasteiger partial charge in [0.1, 0.15) is 0 Å². The van der Waals surface area contributed by atoms with Gasteiger partial charge in [0.2, 0.25) is 0 Å². The van der Waals surface area contributed by atoms with Gasteiger partial charge in [0.15, 0.2) is 0 Å². The Hall–Kier alpha value is 0.170. The van der Waals surface area contributed by atoms with Gasteiger partial charge in [-0.05, 0) is 41.3 Å². The second-order valence-electron chi connectivity index (χ2n) is 5.48. The van der Waals surface area contributed by atoms with Gasteiger partial charge in [-0.15, -0.1) is 11.3 Å². The van der Waals surface area contributed by atoms with Crippen LogP contribution in [0.25, 0.3) is 0 Å². The van der Waals surface area contributed by atoms with Gasteiger partial charge in [0.05, 0.1) is 4.83 Å². The minimum absolute atomic E-state index is 0.168. The summed E-state index contributed by atoms with van der Waals surface area (Å²) in [4.78, 5) is 2.86. The van der Waals surface area contributed by atoms with Crippen molar-refractivity contribution in [1.29, 1.82) is 0 Å². The highest BCUT2D eigenvalue weighted by molar-refractivity contribution is 9.11. The van der Waals surface area contributed by atoms with Crippen molar-refractivity contribution < 1.29 is 0 Å². The molecule has 1 unspecified atom stereocenters. The van der Waals surface area contributed by atoms with E-state index in [0.717, 1.165) is 15.1 Å². The van der Waals surface area contributed by atoms with E-state index in [4.69, 9.17) is 11.6 Å². The Morgan fingerprint density at radius 3 is 2.42 bits per heavy atom. The molecule has 0 amide bonds. The second kappa shape index (κ2) is 5.88. The minimum atomic E-state index is 0.168. The predicted octanol–water partition coefficient (Wildman–Crippen LogP) is 6.95. The number of hydrogen-bond acceptors (Lipinski definition) is 1. The highest BCUT2D eigenvalue weighted by Gasteiger charge is 2.20. The normalized spacial score (nSPS) is 13.6. The Labute approximate surface area is 140 Å². The van der Waals surface area contributed by atoms with Crippen molar-refractivity contribution >= 4 is 54.8 Å². The molecule has 0 N–H and O–H groups in total. The molecule has 0 aliphatic heterocycles. The molecule has 1 heterocycles. The lowest BCUT2D eigenvalue weighted by Gasteiger charge is -2.16. The molecule has 0 saturated carbocycles. The molecule has 0 spiro atoms. The summed E-state index contributed by atoms with van der Waals surface area (Å²) in [5.41, 5.74) is 1.36. The maximum absolute atomic E-state index is 6.09. The van der Waals surface area contributed by atoms with Crippen molar-refractivity contribution in [3.63, 3.8) is 0 Å². The molecule has 0 saturated heterocycles. The van der Waals surface area contributed by atoms with Gasteiger partial charge in [0, 0.05) is 19.2 Å². The molecule has 2 rings (SSSR count). The number of benzene rings is 1. The molecule has 1 aromatic heterocycles. The Balaban J connectivity index is 2.36. The van der Waals surface area contributed by atoms with E-state index in [1.54, 1.807) is 0 Å². The molecule has 0 nitrogen and oxygen atoms in total. The summed E-state index contributed by atoms with van der Waals surface area (Å²) in [5, 5.41) is 0.759. The third-order valence-electron chi connectivity index (χ3n) is 2.85. The van der Waals surface area contributed by atoms with E-state index in [2.05, 4.69) is 64.8 Å². The Morgan fingerprint density at radius 2 is 1.84 bits per heavy atom. The molecular formula is C15H15Br2ClS. The van der Waals surface area contributed by atoms with E-state index in [-0.39, 0.29) is 10.2 Å². The smallest absolute Gasteiger partial charge is 0.0749 e. The molecule has 0 bridgehead atoms. The van der Waals surface area contributed by atoms with Crippen LogP contribution in [0.4, 0.5) is 0 Å². The largest absolute Gasteiger partial charge is 0.143 e. The molecular weight excluding hydrogens is 407 g/mol. The molecule has 0 radical (unpaired) electrons. The summed E-state index contributed by atoms with van der Waals surface area (Å²) in [6.45, 7) is 6.71. The van der Waals surface area contributed by atoms with Gasteiger partial charge in [-0.2, -0.15) is 0 Å². The topological polar surface area (TPSA) is 0 Å². The van der Waals surface area contributed by atoms with Crippen LogP contribution in [-0.2, 0) is 5.41 Å². The molecule has 4 heteroatoms. The van der Waals surface area contributed by atoms with Crippen LogP contribution in [0.2, 0.25) is 5.02 Å². The lowest BCUT2D eigenvalue weighted by atomic mass is 9.95. The van der Waals surface area contributed by atoms with E-state index < -0.39 is 0 Å². The van der Waals surface area contributed by atoms with Gasteiger partial charge in [-0.1, -0.05) is 64.2 Å². The average molecular weight is 423 g/mol. The summed E-state index contributed by atoms with van der Waals surface area (Å²) < 4.78 is 1.07. The maximum atomic E-state index is 6.09. The fraction of sp³-hybridized carbons (Fsp3) is 0.333. The fourth-order valence-corrected chi connectivity index (χ4v) is 4.59. The first-order valence-corrected chi connectivity index (χ1v) is 8.88. The lowest BCUT2D eigenvalue weighted by molar-refractivity contribution is 0.604. The molecule has 0 aliphatic rings. The van der Waals surface area contributed by atoms with Crippen molar-refractivity contribution in [3.8, 4) is 0 Å². The van der Waals surface area contributed by atoms with Crippen molar-refractivity contribution in [2.45, 2.75) is 31.0 Å². The molecule has 2 aromatic rings. The first-order chi connectivity index (χ1) is 8.79. The number of rotatable bonds is 2. The van der Waals surface area contributed by atoms with Crippen LogP contribution in [0.5, 0.6) is 0 Å². The van der Waals surface area contributed by atoms with Crippen LogP contribution in [-0.4, -0.2) is 0 Å². The van der Waals surface area contributed by atoms with Crippen molar-refractivity contribution in [2.75, 3.05) is 0 Å². The van der Waals surface area contributed by atoms with Crippen LogP contribution in [0.3, 0.4) is 0 Å². The Morgan fingerprint density at radius 1 is 1.16 bits per heavy atom. The first kappa shape index (κ1) is 15.6. The van der Waals surface area contributed by atoms with Crippen molar-refractivity contribution in [2.24, 2.45) is 0 Å². The zero-order chi connectivity index (χ0) is 14.2. The van der Waals surface area contributed by atoms with Crippen LogP contribution < -0.4 is 0 Å². The zero-order valence-corrected chi connectivity index (χ0v) is 15.8. The maximum Gasteiger partial charge on any atom is 0.0749 e. The summed E-state index contributed by atoms with van der Waals surface area (Å²) in [6, 6.07) is 10.3. The zero-order valence-electron chi connectivity index (χ0n) is 11.0. The summed E-state index contributed by atoms with van der Waals surface area (Å²) >= 11 is 15.3. The van der Waals surface area contributed by atoms with Gasteiger partial charge in [-0.3, -0.25) is 0 Å². The van der Waals surface area contributed by atoms with Gasteiger partial charge in [0.25, 0.3) is 0 Å². The number of hydrogen-bond donors (Lipinski definition) is 0. The SMILES string of the molecule is CC(C)(C)c1ccc(C(Br)c2cc(Cl)ccc2Br)s1. The van der Waals surface area contributed by atoms with Crippen molar-refractivity contribution in [3.05, 3.63) is 55.1 Å². The number of alkyl halides is 1. The van der Waals surface area contributed by atoms with Crippen LogP contribution >= 0.6 is 54.8 Å². The molecule has 102 valence electrons. The van der Waals surface area contributed by atoms with Crippen LogP contribution in [0.1, 0.15) is 40.9 Å². The average Bonchev–Trinajstić information content (AvgIpc) is 2.80. The summed E-state index contributed by atoms with van der Waals surface area (Å²) in [5.74, 6) is 0. The second-order valence-corrected chi connectivity index (χ2v) is 8.80. The Bertz CT molecular complexity index is 584. The van der Waals surface area contributed by atoms with E-state index in [0.29, 0.717) is 0 Å². The molecule has 0 aliphatic carbocycles. The third kappa shape index (κ3) is 3.63. The van der Waals surface area contributed by atoms with E-state index in [1.165, 1.54) is 9.75 Å². The van der Waals surface area contributed by atoms with Crippen LogP contribution in [0.15, 0.2) is 34.8 Å². The molecule has 1 aromatic carbocycles. The lowest BCUT2D eigenvalue weighted by Crippen LogP contribution is -2.07. The molecule has 1 atom stereocenters. The number of thiophene rings is 1. The standard InChI is InChI=1S/C15H15Br2ClS/c1-15(2,3)13-7-6-12(19-13)14(17)10-8-9(18)4-5-11(10)16/h4-8,14H,1-3H3. The van der Waals surface area contributed by atoms with E-state index in [1.807, 2.05) is 29.5 Å². The predicted molar refractivity (Wildman–Crippen MR) is 92.9 cm³/mol. The summed E-state index contributed by atoms with van der Waals surface area (Å²) in [6.07, 6.45) is 0. The van der Waals surface area contributed by atoms with Crippen molar-refractivity contribution in [1.82, 2.24) is 0 Å². The minimum Gasteiger partial charge on any atom is -0.143 e. The van der Waals surface area contributed by atoms with E-state index in [9.17, 15) is 0 Å². The highest BCUT2D eigenvalue weighted by atomic mass is 79.9. The fourth-order valence-electron chi connectivity index (χ4n) is 1.75. The van der Waals surface area contributed by atoms with Gasteiger partial charge >= 0.3 is 0 Å². The van der Waals surface area contributed by atoms with Gasteiger partial charge < -0.3 is 0 Å². The third-order valence-corrected chi connectivity index (χ3v) is 6.67. The monoisotopic (exact) mass is 420 g/mol. The number of halogens is 3. The van der Waals surface area contributed by atoms with Crippen LogP contribution in [0, 0.1) is 0 Å². The first-order valence-electron chi connectivity index (χ1n) is 5.98. The van der Waals surface area contributed by atoms with Gasteiger partial charge in [-0.25, -0.2) is 0 Å². The molecule has 0 fully saturated rings. The summed E-state index contributed by atoms with van der Waals surface area (Å²) in [7, 11) is 0.